The number of benzene rings is 2. The van der Waals surface area contributed by atoms with Crippen molar-refractivity contribution in [3.63, 3.8) is 0 Å². The minimum absolute atomic E-state index is 0.256. The zero-order valence-electron chi connectivity index (χ0n) is 10.6. The topological polar surface area (TPSA) is 26.0 Å². The molecule has 1 unspecified atom stereocenters. The van der Waals surface area contributed by atoms with Crippen molar-refractivity contribution < 1.29 is 8.78 Å². The molecule has 0 aliphatic heterocycles. The van der Waals surface area contributed by atoms with Crippen LogP contribution in [0.15, 0.2) is 48.5 Å². The van der Waals surface area contributed by atoms with Gasteiger partial charge in [-0.25, -0.2) is 8.78 Å². The molecule has 2 aromatic carbocycles. The lowest BCUT2D eigenvalue weighted by molar-refractivity contribution is 0.577. The van der Waals surface area contributed by atoms with E-state index in [1.165, 1.54) is 16.8 Å². The molecule has 20 heavy (non-hydrogen) atoms. The third kappa shape index (κ3) is 2.71. The number of nitrogens with two attached hydrogens (primary N) is 1. The number of halogens is 2. The molecule has 0 fully saturated rings. The molecule has 4 heteroatoms. The smallest absolute Gasteiger partial charge is 0.126 e. The van der Waals surface area contributed by atoms with Gasteiger partial charge in [-0.15, -0.1) is 11.3 Å². The number of thiophene rings is 1. The summed E-state index contributed by atoms with van der Waals surface area (Å²) in [5, 5.41) is 1.15. The SMILES string of the molecule is NC(Cc1cc(F)cc(F)c1)c1cc2ccccc2s1. The lowest BCUT2D eigenvalue weighted by Crippen LogP contribution is -2.12. The summed E-state index contributed by atoms with van der Waals surface area (Å²) < 4.78 is 27.5. The van der Waals surface area contributed by atoms with Gasteiger partial charge in [0.2, 0.25) is 0 Å². The van der Waals surface area contributed by atoms with E-state index in [-0.39, 0.29) is 6.04 Å². The maximum Gasteiger partial charge on any atom is 0.126 e. The summed E-state index contributed by atoms with van der Waals surface area (Å²) >= 11 is 1.62. The molecule has 0 spiro atoms. The quantitative estimate of drug-likeness (QED) is 0.758. The van der Waals surface area contributed by atoms with Crippen LogP contribution in [-0.4, -0.2) is 0 Å². The summed E-state index contributed by atoms with van der Waals surface area (Å²) in [6, 6.07) is 13.3. The molecule has 2 N–H and O–H groups in total. The predicted octanol–water partition coefficient (Wildman–Crippen LogP) is 4.42. The van der Waals surface area contributed by atoms with Gasteiger partial charge in [-0.1, -0.05) is 18.2 Å². The van der Waals surface area contributed by atoms with Crippen LogP contribution in [0.2, 0.25) is 0 Å². The molecule has 0 amide bonds. The minimum Gasteiger partial charge on any atom is -0.323 e. The van der Waals surface area contributed by atoms with Crippen LogP contribution in [0.1, 0.15) is 16.5 Å². The zero-order valence-corrected chi connectivity index (χ0v) is 11.5. The number of hydrogen-bond donors (Lipinski definition) is 1. The Morgan fingerprint density at radius 2 is 1.70 bits per heavy atom. The normalized spacial score (nSPS) is 12.8. The molecule has 0 saturated heterocycles. The molecule has 0 saturated carbocycles. The molecule has 1 heterocycles. The molecule has 0 bridgehead atoms. The van der Waals surface area contributed by atoms with E-state index in [1.807, 2.05) is 30.3 Å². The second-order valence-corrected chi connectivity index (χ2v) is 5.89. The van der Waals surface area contributed by atoms with E-state index >= 15 is 0 Å². The van der Waals surface area contributed by atoms with E-state index in [0.29, 0.717) is 12.0 Å². The maximum atomic E-state index is 13.2. The Morgan fingerprint density at radius 1 is 1.00 bits per heavy atom. The van der Waals surface area contributed by atoms with Gasteiger partial charge in [-0.2, -0.15) is 0 Å². The van der Waals surface area contributed by atoms with Crippen LogP contribution in [0, 0.1) is 11.6 Å². The van der Waals surface area contributed by atoms with Gasteiger partial charge in [0.15, 0.2) is 0 Å². The molecule has 0 aliphatic carbocycles. The van der Waals surface area contributed by atoms with Crippen LogP contribution in [-0.2, 0) is 6.42 Å². The van der Waals surface area contributed by atoms with Crippen molar-refractivity contribution in [3.05, 3.63) is 70.6 Å². The van der Waals surface area contributed by atoms with Gasteiger partial charge in [-0.3, -0.25) is 0 Å². The second-order valence-electron chi connectivity index (χ2n) is 4.77. The molecule has 102 valence electrons. The first-order chi connectivity index (χ1) is 9.61. The van der Waals surface area contributed by atoms with Gasteiger partial charge < -0.3 is 5.73 Å². The van der Waals surface area contributed by atoms with Crippen molar-refractivity contribution in [2.45, 2.75) is 12.5 Å². The zero-order chi connectivity index (χ0) is 14.1. The number of hydrogen-bond acceptors (Lipinski definition) is 2. The molecule has 3 rings (SSSR count). The van der Waals surface area contributed by atoms with Gasteiger partial charge in [0.05, 0.1) is 0 Å². The largest absolute Gasteiger partial charge is 0.323 e. The van der Waals surface area contributed by atoms with E-state index in [2.05, 4.69) is 0 Å². The van der Waals surface area contributed by atoms with Gasteiger partial charge in [-0.05, 0) is 41.6 Å². The van der Waals surface area contributed by atoms with Crippen molar-refractivity contribution in [2.75, 3.05) is 0 Å². The summed E-state index contributed by atoms with van der Waals surface area (Å²) in [5.41, 5.74) is 6.73. The van der Waals surface area contributed by atoms with E-state index < -0.39 is 11.6 Å². The summed E-state index contributed by atoms with van der Waals surface area (Å²) in [6.45, 7) is 0. The summed E-state index contributed by atoms with van der Waals surface area (Å²) in [5.74, 6) is -1.13. The van der Waals surface area contributed by atoms with Crippen molar-refractivity contribution in [3.8, 4) is 0 Å². The lowest BCUT2D eigenvalue weighted by Gasteiger charge is -2.09. The summed E-state index contributed by atoms with van der Waals surface area (Å²) in [7, 11) is 0. The second kappa shape index (κ2) is 5.31. The van der Waals surface area contributed by atoms with Crippen molar-refractivity contribution in [1.29, 1.82) is 0 Å². The molecule has 0 radical (unpaired) electrons. The number of rotatable bonds is 3. The maximum absolute atomic E-state index is 13.2. The van der Waals surface area contributed by atoms with Crippen LogP contribution in [0.25, 0.3) is 10.1 Å². The van der Waals surface area contributed by atoms with Gasteiger partial charge in [0, 0.05) is 21.7 Å². The Balaban J connectivity index is 1.86. The van der Waals surface area contributed by atoms with E-state index in [4.69, 9.17) is 5.73 Å². The standard InChI is InChI=1S/C16H13F2NS/c17-12-5-10(6-13(18)9-12)7-14(19)16-8-11-3-1-2-4-15(11)20-16/h1-6,8-9,14H,7,19H2. The first kappa shape index (κ1) is 13.2. The predicted molar refractivity (Wildman–Crippen MR) is 78.8 cm³/mol. The van der Waals surface area contributed by atoms with Gasteiger partial charge in [0.25, 0.3) is 0 Å². The molecular formula is C16H13F2NS. The average Bonchev–Trinajstić information content (AvgIpc) is 2.81. The minimum atomic E-state index is -0.566. The number of fused-ring (bicyclic) bond motifs is 1. The highest BCUT2D eigenvalue weighted by atomic mass is 32.1. The van der Waals surface area contributed by atoms with Crippen LogP contribution >= 0.6 is 11.3 Å². The van der Waals surface area contributed by atoms with Gasteiger partial charge >= 0.3 is 0 Å². The lowest BCUT2D eigenvalue weighted by atomic mass is 10.0. The Labute approximate surface area is 119 Å². The molecule has 1 nitrogen and oxygen atoms in total. The van der Waals surface area contributed by atoms with Crippen LogP contribution in [0.5, 0.6) is 0 Å². The Hall–Kier alpha value is -1.78. The van der Waals surface area contributed by atoms with Crippen molar-refractivity contribution in [2.24, 2.45) is 5.73 Å². The highest BCUT2D eigenvalue weighted by Crippen LogP contribution is 2.30. The molecular weight excluding hydrogens is 276 g/mol. The van der Waals surface area contributed by atoms with E-state index in [0.717, 1.165) is 16.3 Å². The fraction of sp³-hybridized carbons (Fsp3) is 0.125. The Kier molecular flexibility index (Phi) is 3.51. The first-order valence-corrected chi connectivity index (χ1v) is 7.12. The fourth-order valence-electron chi connectivity index (χ4n) is 2.27. The molecule has 3 aromatic rings. The Morgan fingerprint density at radius 3 is 2.40 bits per heavy atom. The third-order valence-electron chi connectivity index (χ3n) is 3.19. The van der Waals surface area contributed by atoms with E-state index in [1.54, 1.807) is 11.3 Å². The van der Waals surface area contributed by atoms with Crippen LogP contribution in [0.3, 0.4) is 0 Å². The highest BCUT2D eigenvalue weighted by molar-refractivity contribution is 7.19. The summed E-state index contributed by atoms with van der Waals surface area (Å²) in [4.78, 5) is 1.02. The van der Waals surface area contributed by atoms with E-state index in [9.17, 15) is 8.78 Å². The Bertz CT molecular complexity index is 698. The highest BCUT2D eigenvalue weighted by Gasteiger charge is 2.12. The third-order valence-corrected chi connectivity index (χ3v) is 4.44. The van der Waals surface area contributed by atoms with Crippen molar-refractivity contribution in [1.82, 2.24) is 0 Å². The van der Waals surface area contributed by atoms with Gasteiger partial charge in [0.1, 0.15) is 11.6 Å². The molecule has 1 aromatic heterocycles. The molecule has 1 atom stereocenters. The summed E-state index contributed by atoms with van der Waals surface area (Å²) in [6.07, 6.45) is 0.418. The monoisotopic (exact) mass is 289 g/mol. The fourth-order valence-corrected chi connectivity index (χ4v) is 3.33. The van der Waals surface area contributed by atoms with Crippen molar-refractivity contribution >= 4 is 21.4 Å². The molecule has 0 aliphatic rings. The first-order valence-electron chi connectivity index (χ1n) is 6.31. The van der Waals surface area contributed by atoms with Crippen LogP contribution < -0.4 is 5.73 Å². The average molecular weight is 289 g/mol. The van der Waals surface area contributed by atoms with Crippen LogP contribution in [0.4, 0.5) is 8.78 Å².